The molecule has 1 aromatic carbocycles. The minimum absolute atomic E-state index is 0.234. The number of amides is 1. The van der Waals surface area contributed by atoms with Crippen LogP contribution < -0.4 is 10.1 Å². The van der Waals surface area contributed by atoms with E-state index in [1.807, 2.05) is 5.32 Å². The molecule has 0 unspecified atom stereocenters. The molecule has 1 amide bonds. The maximum atomic E-state index is 12.4. The smallest absolute Gasteiger partial charge is 0.471 e. The van der Waals surface area contributed by atoms with Crippen molar-refractivity contribution in [3.05, 3.63) is 42.0 Å². The van der Waals surface area contributed by atoms with Crippen LogP contribution in [0, 0.1) is 0 Å². The third kappa shape index (κ3) is 3.41. The van der Waals surface area contributed by atoms with Gasteiger partial charge in [-0.1, -0.05) is 12.1 Å². The van der Waals surface area contributed by atoms with Crippen LogP contribution >= 0.6 is 0 Å². The van der Waals surface area contributed by atoms with Crippen molar-refractivity contribution < 1.29 is 27.4 Å². The van der Waals surface area contributed by atoms with Gasteiger partial charge in [0.25, 0.3) is 0 Å². The molecule has 0 bridgehead atoms. The van der Waals surface area contributed by atoms with Crippen molar-refractivity contribution in [2.75, 3.05) is 13.7 Å². The van der Waals surface area contributed by atoms with Crippen LogP contribution in [0.25, 0.3) is 0 Å². The molecule has 1 aliphatic carbocycles. The second-order valence-corrected chi connectivity index (χ2v) is 4.87. The summed E-state index contributed by atoms with van der Waals surface area (Å²) in [6.07, 6.45) is -3.51. The van der Waals surface area contributed by atoms with E-state index in [0.717, 1.165) is 5.56 Å². The van der Waals surface area contributed by atoms with Gasteiger partial charge in [-0.15, -0.1) is 6.58 Å². The summed E-state index contributed by atoms with van der Waals surface area (Å²) >= 11 is 0. The van der Waals surface area contributed by atoms with Gasteiger partial charge in [-0.2, -0.15) is 13.2 Å². The molecule has 0 fully saturated rings. The Morgan fingerprint density at radius 2 is 2.18 bits per heavy atom. The number of carbonyl (C=O) groups excluding carboxylic acids is 1. The molecule has 120 valence electrons. The van der Waals surface area contributed by atoms with E-state index < -0.39 is 24.2 Å². The maximum Gasteiger partial charge on any atom is 0.471 e. The van der Waals surface area contributed by atoms with E-state index in [9.17, 15) is 18.0 Å². The molecule has 0 saturated heterocycles. The number of alkyl halides is 3. The number of nitrogens with one attached hydrogen (secondary N) is 1. The first-order valence-corrected chi connectivity index (χ1v) is 6.64. The standard InChI is InChI=1S/C15H16F3NO3/c1-3-6-22-13-8-12(19-14(20)15(16,17)18)11-7-9(21-2)4-5-10(11)13/h3-5,7,12-13H,1,6,8H2,2H3,(H,19,20)/t12-,13-/m0/s1. The molecule has 7 heteroatoms. The van der Waals surface area contributed by atoms with Gasteiger partial charge >= 0.3 is 12.1 Å². The van der Waals surface area contributed by atoms with Crippen LogP contribution in [0.3, 0.4) is 0 Å². The van der Waals surface area contributed by atoms with Crippen LogP contribution in [-0.4, -0.2) is 25.8 Å². The molecule has 1 N–H and O–H groups in total. The fraction of sp³-hybridized carbons (Fsp3) is 0.400. The van der Waals surface area contributed by atoms with Gasteiger partial charge in [0.15, 0.2) is 0 Å². The number of halogens is 3. The summed E-state index contributed by atoms with van der Waals surface area (Å²) in [5.74, 6) is -1.45. The van der Waals surface area contributed by atoms with Gasteiger partial charge in [0.05, 0.1) is 25.9 Å². The van der Waals surface area contributed by atoms with Crippen molar-refractivity contribution in [1.82, 2.24) is 5.32 Å². The Hall–Kier alpha value is -2.02. The van der Waals surface area contributed by atoms with Crippen LogP contribution in [0.2, 0.25) is 0 Å². The molecule has 2 rings (SSSR count). The highest BCUT2D eigenvalue weighted by Crippen LogP contribution is 2.42. The summed E-state index contributed by atoms with van der Waals surface area (Å²) in [7, 11) is 1.46. The lowest BCUT2D eigenvalue weighted by Gasteiger charge is -2.16. The monoisotopic (exact) mass is 315 g/mol. The van der Waals surface area contributed by atoms with Crippen LogP contribution in [0.5, 0.6) is 5.75 Å². The van der Waals surface area contributed by atoms with E-state index >= 15 is 0 Å². The van der Waals surface area contributed by atoms with Gasteiger partial charge in [0.2, 0.25) is 0 Å². The first kappa shape index (κ1) is 16.4. The van der Waals surface area contributed by atoms with Crippen LogP contribution in [-0.2, 0) is 9.53 Å². The Labute approximate surface area is 125 Å². The summed E-state index contributed by atoms with van der Waals surface area (Å²) in [5.41, 5.74) is 1.32. The summed E-state index contributed by atoms with van der Waals surface area (Å²) in [6, 6.07) is 4.29. The number of ether oxygens (including phenoxy) is 2. The van der Waals surface area contributed by atoms with E-state index in [-0.39, 0.29) is 13.0 Å². The summed E-state index contributed by atoms with van der Waals surface area (Å²) in [4.78, 5) is 11.2. The van der Waals surface area contributed by atoms with Crippen LogP contribution in [0.15, 0.2) is 30.9 Å². The van der Waals surface area contributed by atoms with Gasteiger partial charge in [-0.25, -0.2) is 0 Å². The first-order chi connectivity index (χ1) is 10.4. The quantitative estimate of drug-likeness (QED) is 0.850. The molecule has 1 aliphatic rings. The zero-order valence-corrected chi connectivity index (χ0v) is 11.9. The normalized spacial score (nSPS) is 20.4. The number of fused-ring (bicyclic) bond motifs is 1. The lowest BCUT2D eigenvalue weighted by atomic mass is 10.1. The largest absolute Gasteiger partial charge is 0.497 e. The fourth-order valence-electron chi connectivity index (χ4n) is 2.46. The molecule has 0 spiro atoms. The highest BCUT2D eigenvalue weighted by molar-refractivity contribution is 5.82. The van der Waals surface area contributed by atoms with Gasteiger partial charge in [0.1, 0.15) is 5.75 Å². The number of rotatable bonds is 5. The molecule has 0 saturated carbocycles. The zero-order valence-electron chi connectivity index (χ0n) is 11.9. The molecule has 1 aromatic rings. The Morgan fingerprint density at radius 3 is 2.77 bits per heavy atom. The second kappa shape index (κ2) is 6.39. The topological polar surface area (TPSA) is 47.6 Å². The van der Waals surface area contributed by atoms with Gasteiger partial charge in [-0.3, -0.25) is 4.79 Å². The summed E-state index contributed by atoms with van der Waals surface area (Å²) < 4.78 is 48.0. The Balaban J connectivity index is 2.26. The molecule has 0 heterocycles. The molecule has 0 radical (unpaired) electrons. The van der Waals surface area contributed by atoms with E-state index in [4.69, 9.17) is 9.47 Å². The number of carbonyl (C=O) groups is 1. The minimum atomic E-state index is -4.92. The van der Waals surface area contributed by atoms with Crippen LogP contribution in [0.1, 0.15) is 29.7 Å². The molecule has 0 aliphatic heterocycles. The average molecular weight is 315 g/mol. The zero-order chi connectivity index (χ0) is 16.3. The summed E-state index contributed by atoms with van der Waals surface area (Å²) in [6.45, 7) is 3.82. The number of hydrogen-bond acceptors (Lipinski definition) is 3. The first-order valence-electron chi connectivity index (χ1n) is 6.64. The highest BCUT2D eigenvalue weighted by atomic mass is 19.4. The van der Waals surface area contributed by atoms with Crippen LogP contribution in [0.4, 0.5) is 13.2 Å². The predicted molar refractivity (Wildman–Crippen MR) is 73.4 cm³/mol. The van der Waals surface area contributed by atoms with Crippen molar-refractivity contribution in [2.45, 2.75) is 24.7 Å². The lowest BCUT2D eigenvalue weighted by molar-refractivity contribution is -0.174. The number of methoxy groups -OCH3 is 1. The fourth-order valence-corrected chi connectivity index (χ4v) is 2.46. The van der Waals surface area contributed by atoms with Gasteiger partial charge in [0, 0.05) is 6.42 Å². The molecule has 22 heavy (non-hydrogen) atoms. The molecular weight excluding hydrogens is 299 g/mol. The van der Waals surface area contributed by atoms with Crippen molar-refractivity contribution in [3.63, 3.8) is 0 Å². The van der Waals surface area contributed by atoms with Crippen molar-refractivity contribution in [1.29, 1.82) is 0 Å². The third-order valence-corrected chi connectivity index (χ3v) is 3.44. The van der Waals surface area contributed by atoms with E-state index in [1.54, 1.807) is 24.3 Å². The molecule has 4 nitrogen and oxygen atoms in total. The Morgan fingerprint density at radius 1 is 1.45 bits per heavy atom. The Bertz CT molecular complexity index is 572. The molecule has 2 atom stereocenters. The lowest BCUT2D eigenvalue weighted by Crippen LogP contribution is -2.38. The minimum Gasteiger partial charge on any atom is -0.497 e. The number of hydrogen-bond donors (Lipinski definition) is 1. The molecule has 0 aromatic heterocycles. The van der Waals surface area contributed by atoms with Crippen molar-refractivity contribution in [3.8, 4) is 5.75 Å². The van der Waals surface area contributed by atoms with E-state index in [0.29, 0.717) is 11.3 Å². The second-order valence-electron chi connectivity index (χ2n) is 4.87. The SMILES string of the molecule is C=CCO[C@H]1C[C@H](NC(=O)C(F)(F)F)c2cc(OC)ccc21. The van der Waals surface area contributed by atoms with Gasteiger partial charge in [-0.05, 0) is 23.3 Å². The van der Waals surface area contributed by atoms with Gasteiger partial charge < -0.3 is 14.8 Å². The Kier molecular flexibility index (Phi) is 4.75. The summed E-state index contributed by atoms with van der Waals surface area (Å²) in [5, 5.41) is 2.01. The van der Waals surface area contributed by atoms with E-state index in [1.165, 1.54) is 7.11 Å². The maximum absolute atomic E-state index is 12.4. The van der Waals surface area contributed by atoms with Crippen molar-refractivity contribution in [2.24, 2.45) is 0 Å². The highest BCUT2D eigenvalue weighted by Gasteiger charge is 2.42. The third-order valence-electron chi connectivity index (χ3n) is 3.44. The predicted octanol–water partition coefficient (Wildman–Crippen LogP) is 3.06. The van der Waals surface area contributed by atoms with E-state index in [2.05, 4.69) is 6.58 Å². The molecular formula is C15H16F3NO3. The van der Waals surface area contributed by atoms with Crippen molar-refractivity contribution >= 4 is 5.91 Å². The average Bonchev–Trinajstić information content (AvgIpc) is 2.81. The number of benzene rings is 1.